The number of allylic oxidation sites excluding steroid dienone is 3. The van der Waals surface area contributed by atoms with Gasteiger partial charge in [0.2, 0.25) is 5.91 Å². The van der Waals surface area contributed by atoms with Gasteiger partial charge in [-0.15, -0.1) is 0 Å². The van der Waals surface area contributed by atoms with Crippen LogP contribution in [-0.4, -0.2) is 46.1 Å². The first-order chi connectivity index (χ1) is 30.6. The van der Waals surface area contributed by atoms with Crippen LogP contribution in [0.25, 0.3) is 0 Å². The minimum absolute atomic E-state index is 0.361. The Hall–Kier alpha value is -1.17. The van der Waals surface area contributed by atoms with Gasteiger partial charge in [-0.05, 0) is 44.9 Å². The highest BCUT2D eigenvalue weighted by molar-refractivity contribution is 5.80. The molecule has 0 rings (SSSR count). The molecule has 0 aliphatic heterocycles. The van der Waals surface area contributed by atoms with Crippen LogP contribution < -0.4 is 5.32 Å². The van der Waals surface area contributed by atoms with Crippen LogP contribution in [0, 0.1) is 0 Å². The molecule has 0 radical (unpaired) electrons. The van der Waals surface area contributed by atoms with Crippen molar-refractivity contribution in [3.05, 3.63) is 24.3 Å². The predicted molar refractivity (Wildman–Crippen MR) is 273 cm³/mol. The number of carbonyl (C=O) groups excluding carboxylic acids is 1. The molecule has 5 heteroatoms. The average molecular weight is 875 g/mol. The molecule has 0 saturated carbocycles. The van der Waals surface area contributed by atoms with E-state index in [1.54, 1.807) is 6.08 Å². The summed E-state index contributed by atoms with van der Waals surface area (Å²) in [6, 6.07) is -0.794. The molecule has 3 unspecified atom stereocenters. The van der Waals surface area contributed by atoms with Crippen LogP contribution in [0.4, 0.5) is 0 Å². The van der Waals surface area contributed by atoms with E-state index < -0.39 is 24.2 Å². The van der Waals surface area contributed by atoms with Crippen molar-refractivity contribution in [2.24, 2.45) is 0 Å². The molecule has 0 spiro atoms. The van der Waals surface area contributed by atoms with E-state index in [2.05, 4.69) is 31.3 Å². The average Bonchev–Trinajstić information content (AvgIpc) is 3.28. The molecule has 368 valence electrons. The Morgan fingerprint density at radius 3 is 0.935 bits per heavy atom. The first kappa shape index (κ1) is 60.8. The zero-order valence-electron chi connectivity index (χ0n) is 42.0. The molecule has 0 aromatic heterocycles. The molecule has 0 bridgehead atoms. The minimum Gasteiger partial charge on any atom is -0.394 e. The number of hydrogen-bond donors (Lipinski definition) is 4. The molecular weight excluding hydrogens is 763 g/mol. The molecule has 4 N–H and O–H groups in total. The van der Waals surface area contributed by atoms with Gasteiger partial charge in [-0.3, -0.25) is 4.79 Å². The van der Waals surface area contributed by atoms with Crippen molar-refractivity contribution in [2.75, 3.05) is 6.61 Å². The van der Waals surface area contributed by atoms with Crippen molar-refractivity contribution >= 4 is 5.91 Å². The summed E-state index contributed by atoms with van der Waals surface area (Å²) < 4.78 is 0. The Morgan fingerprint density at radius 1 is 0.387 bits per heavy atom. The molecule has 0 aliphatic rings. The van der Waals surface area contributed by atoms with Gasteiger partial charge in [0, 0.05) is 0 Å². The van der Waals surface area contributed by atoms with Crippen molar-refractivity contribution in [2.45, 2.75) is 327 Å². The highest BCUT2D eigenvalue weighted by Crippen LogP contribution is 2.17. The van der Waals surface area contributed by atoms with Gasteiger partial charge in [-0.25, -0.2) is 0 Å². The predicted octanol–water partition coefficient (Wildman–Crippen LogP) is 17.3. The molecule has 0 aromatic rings. The van der Waals surface area contributed by atoms with Crippen LogP contribution in [0.1, 0.15) is 309 Å². The lowest BCUT2D eigenvalue weighted by atomic mass is 10.0. The Kier molecular flexibility index (Phi) is 51.5. The van der Waals surface area contributed by atoms with E-state index in [9.17, 15) is 20.1 Å². The Bertz CT molecular complexity index is 920. The summed E-state index contributed by atoms with van der Waals surface area (Å²) in [5.74, 6) is -0.501. The lowest BCUT2D eigenvalue weighted by molar-refractivity contribution is -0.131. The summed E-state index contributed by atoms with van der Waals surface area (Å²) >= 11 is 0. The van der Waals surface area contributed by atoms with Crippen LogP contribution in [0.5, 0.6) is 0 Å². The second-order valence-corrected chi connectivity index (χ2v) is 19.5. The van der Waals surface area contributed by atoms with Gasteiger partial charge in [0.15, 0.2) is 0 Å². The molecule has 62 heavy (non-hydrogen) atoms. The number of amides is 1. The summed E-state index contributed by atoms with van der Waals surface area (Å²) in [5.41, 5.74) is 0. The fourth-order valence-electron chi connectivity index (χ4n) is 8.89. The summed E-state index contributed by atoms with van der Waals surface area (Å²) in [6.07, 6.45) is 67.2. The Labute approximate surface area is 388 Å². The van der Waals surface area contributed by atoms with E-state index in [4.69, 9.17) is 0 Å². The second kappa shape index (κ2) is 52.5. The first-order valence-corrected chi connectivity index (χ1v) is 28.2. The monoisotopic (exact) mass is 874 g/mol. The maximum absolute atomic E-state index is 12.5. The maximum Gasteiger partial charge on any atom is 0.249 e. The van der Waals surface area contributed by atoms with Gasteiger partial charge in [0.05, 0.1) is 18.8 Å². The highest BCUT2D eigenvalue weighted by atomic mass is 16.3. The number of carbonyl (C=O) groups is 1. The molecule has 5 nitrogen and oxygen atoms in total. The Balaban J connectivity index is 3.42. The van der Waals surface area contributed by atoms with E-state index in [1.807, 2.05) is 6.08 Å². The van der Waals surface area contributed by atoms with Crippen molar-refractivity contribution in [1.82, 2.24) is 5.32 Å². The largest absolute Gasteiger partial charge is 0.394 e. The standard InChI is InChI=1S/C57H111NO4/c1-3-5-7-9-11-13-15-16-17-18-19-20-21-22-23-24-25-26-27-28-29-30-31-32-33-34-35-36-37-38-39-40-41-42-44-46-48-50-52-56(61)57(62)58-54(53-59)55(60)51-49-47-45-43-14-12-10-8-6-4-2/h28-29,49,51,54-56,59-61H,3-27,30-48,50,52-53H2,1-2H3,(H,58,62)/b29-28-,51-49+. The topological polar surface area (TPSA) is 89.8 Å². The fourth-order valence-corrected chi connectivity index (χ4v) is 8.89. The second-order valence-electron chi connectivity index (χ2n) is 19.5. The summed E-state index contributed by atoms with van der Waals surface area (Å²) in [7, 11) is 0. The van der Waals surface area contributed by atoms with Crippen LogP contribution in [-0.2, 0) is 4.79 Å². The maximum atomic E-state index is 12.5. The zero-order valence-corrected chi connectivity index (χ0v) is 42.0. The third kappa shape index (κ3) is 46.8. The van der Waals surface area contributed by atoms with E-state index in [0.717, 1.165) is 32.1 Å². The molecule has 3 atom stereocenters. The molecule has 1 amide bonds. The van der Waals surface area contributed by atoms with Crippen LogP contribution in [0.15, 0.2) is 24.3 Å². The normalized spacial score (nSPS) is 13.4. The van der Waals surface area contributed by atoms with E-state index in [1.165, 1.54) is 257 Å². The number of hydrogen-bond acceptors (Lipinski definition) is 4. The number of aliphatic hydroxyl groups is 3. The number of nitrogens with one attached hydrogen (secondary N) is 1. The summed E-state index contributed by atoms with van der Waals surface area (Å²) in [4.78, 5) is 12.5. The molecule has 0 aliphatic carbocycles. The summed E-state index contributed by atoms with van der Waals surface area (Å²) in [5, 5.41) is 33.1. The van der Waals surface area contributed by atoms with Gasteiger partial charge in [-0.1, -0.05) is 289 Å². The van der Waals surface area contributed by atoms with Crippen molar-refractivity contribution in [1.29, 1.82) is 0 Å². The number of rotatable bonds is 52. The first-order valence-electron chi connectivity index (χ1n) is 28.2. The number of unbranched alkanes of at least 4 members (excludes halogenated alkanes) is 42. The zero-order chi connectivity index (χ0) is 45.1. The van der Waals surface area contributed by atoms with E-state index in [-0.39, 0.29) is 6.61 Å². The molecule has 0 fully saturated rings. The Morgan fingerprint density at radius 2 is 0.645 bits per heavy atom. The van der Waals surface area contributed by atoms with Crippen molar-refractivity contribution in [3.63, 3.8) is 0 Å². The molecular formula is C57H111NO4. The van der Waals surface area contributed by atoms with Gasteiger partial charge in [0.1, 0.15) is 6.10 Å². The SMILES string of the molecule is CCCCCCCCCC/C=C/C(O)C(CO)NC(=O)C(O)CCCCCCCCCCCCCCCCCC/C=C\CCCCCCCCCCCCCCCCCCCC. The van der Waals surface area contributed by atoms with Crippen LogP contribution in [0.2, 0.25) is 0 Å². The van der Waals surface area contributed by atoms with Crippen LogP contribution in [0.3, 0.4) is 0 Å². The van der Waals surface area contributed by atoms with Gasteiger partial charge >= 0.3 is 0 Å². The molecule has 0 saturated heterocycles. The highest BCUT2D eigenvalue weighted by Gasteiger charge is 2.22. The van der Waals surface area contributed by atoms with Crippen molar-refractivity contribution < 1.29 is 20.1 Å². The van der Waals surface area contributed by atoms with Gasteiger partial charge < -0.3 is 20.6 Å². The van der Waals surface area contributed by atoms with Gasteiger partial charge in [-0.2, -0.15) is 0 Å². The fraction of sp³-hybridized carbons (Fsp3) is 0.912. The van der Waals surface area contributed by atoms with Gasteiger partial charge in [0.25, 0.3) is 0 Å². The van der Waals surface area contributed by atoms with Crippen LogP contribution >= 0.6 is 0 Å². The van der Waals surface area contributed by atoms with E-state index in [0.29, 0.717) is 6.42 Å². The quantitative estimate of drug-likeness (QED) is 0.0362. The molecule has 0 heterocycles. The van der Waals surface area contributed by atoms with E-state index >= 15 is 0 Å². The lowest BCUT2D eigenvalue weighted by Crippen LogP contribution is -2.48. The third-order valence-corrected chi connectivity index (χ3v) is 13.3. The minimum atomic E-state index is -1.09. The third-order valence-electron chi connectivity index (χ3n) is 13.3. The lowest BCUT2D eigenvalue weighted by Gasteiger charge is -2.21. The number of aliphatic hydroxyl groups excluding tert-OH is 3. The van der Waals surface area contributed by atoms with Crippen molar-refractivity contribution in [3.8, 4) is 0 Å². The summed E-state index contributed by atoms with van der Waals surface area (Å²) in [6.45, 7) is 4.18. The molecule has 0 aromatic carbocycles. The smallest absolute Gasteiger partial charge is 0.249 e.